The zero-order chi connectivity index (χ0) is 23.1. The Morgan fingerprint density at radius 2 is 1.94 bits per heavy atom. The molecule has 32 heavy (non-hydrogen) atoms. The smallest absolute Gasteiger partial charge is 0.194 e. The third-order valence-corrected chi connectivity index (χ3v) is 5.05. The number of ether oxygens (including phenoxy) is 2. The molecular formula is C24H32N6O2. The van der Waals surface area contributed by atoms with Crippen LogP contribution in [0.3, 0.4) is 0 Å². The molecule has 0 atom stereocenters. The van der Waals surface area contributed by atoms with Crippen LogP contribution in [0.1, 0.15) is 29.4 Å². The van der Waals surface area contributed by atoms with Gasteiger partial charge in [0.2, 0.25) is 0 Å². The van der Waals surface area contributed by atoms with Crippen molar-refractivity contribution in [3.05, 3.63) is 65.1 Å². The lowest BCUT2D eigenvalue weighted by atomic mass is 10.2. The molecule has 0 saturated carbocycles. The van der Waals surface area contributed by atoms with Gasteiger partial charge in [0.1, 0.15) is 11.5 Å². The minimum atomic E-state index is 0.525. The van der Waals surface area contributed by atoms with Gasteiger partial charge in [0.15, 0.2) is 11.8 Å². The van der Waals surface area contributed by atoms with Crippen molar-refractivity contribution in [3.8, 4) is 17.3 Å². The summed E-state index contributed by atoms with van der Waals surface area (Å²) in [4.78, 5) is 11.4. The lowest BCUT2D eigenvalue weighted by Gasteiger charge is -2.23. The average Bonchev–Trinajstić information content (AvgIpc) is 3.14. The first-order chi connectivity index (χ1) is 15.4. The predicted octanol–water partition coefficient (Wildman–Crippen LogP) is 3.50. The number of nitrogens with one attached hydrogen (secondary N) is 1. The van der Waals surface area contributed by atoms with Gasteiger partial charge in [-0.05, 0) is 50.6 Å². The second-order valence-corrected chi connectivity index (χ2v) is 7.57. The van der Waals surface area contributed by atoms with Crippen LogP contribution in [0.25, 0.3) is 5.82 Å². The summed E-state index contributed by atoms with van der Waals surface area (Å²) < 4.78 is 12.7. The van der Waals surface area contributed by atoms with Gasteiger partial charge in [0.25, 0.3) is 0 Å². The third-order valence-electron chi connectivity index (χ3n) is 5.05. The van der Waals surface area contributed by atoms with E-state index >= 15 is 0 Å². The summed E-state index contributed by atoms with van der Waals surface area (Å²) in [6.07, 6.45) is 1.85. The number of pyridine rings is 1. The molecule has 0 amide bonds. The molecule has 0 bridgehead atoms. The Morgan fingerprint density at radius 1 is 1.12 bits per heavy atom. The van der Waals surface area contributed by atoms with Crippen molar-refractivity contribution in [3.63, 3.8) is 0 Å². The first kappa shape index (κ1) is 23.1. The first-order valence-electron chi connectivity index (χ1n) is 10.6. The van der Waals surface area contributed by atoms with Crippen LogP contribution >= 0.6 is 0 Å². The summed E-state index contributed by atoms with van der Waals surface area (Å²) >= 11 is 0. The molecular weight excluding hydrogens is 404 g/mol. The van der Waals surface area contributed by atoms with E-state index in [1.165, 1.54) is 0 Å². The Kier molecular flexibility index (Phi) is 7.70. The van der Waals surface area contributed by atoms with Crippen LogP contribution in [0.15, 0.2) is 47.6 Å². The van der Waals surface area contributed by atoms with E-state index in [0.29, 0.717) is 13.1 Å². The number of aliphatic imine (C=N–C) groups is 1. The van der Waals surface area contributed by atoms with Crippen molar-refractivity contribution >= 4 is 5.96 Å². The van der Waals surface area contributed by atoms with Gasteiger partial charge in [-0.1, -0.05) is 6.07 Å². The van der Waals surface area contributed by atoms with E-state index in [0.717, 1.165) is 52.3 Å². The highest BCUT2D eigenvalue weighted by atomic mass is 16.5. The van der Waals surface area contributed by atoms with E-state index in [1.807, 2.05) is 68.2 Å². The number of aryl methyl sites for hydroxylation is 2. The molecule has 3 rings (SSSR count). The van der Waals surface area contributed by atoms with E-state index in [-0.39, 0.29) is 0 Å². The third kappa shape index (κ3) is 5.57. The largest absolute Gasteiger partial charge is 0.497 e. The molecule has 0 aliphatic rings. The van der Waals surface area contributed by atoms with Gasteiger partial charge in [0, 0.05) is 43.7 Å². The maximum absolute atomic E-state index is 5.53. The Morgan fingerprint density at radius 3 is 2.53 bits per heavy atom. The summed E-state index contributed by atoms with van der Waals surface area (Å²) in [5, 5.41) is 7.84. The van der Waals surface area contributed by atoms with Crippen molar-refractivity contribution in [2.75, 3.05) is 27.8 Å². The van der Waals surface area contributed by atoms with E-state index in [1.54, 1.807) is 14.2 Å². The fourth-order valence-corrected chi connectivity index (χ4v) is 3.45. The molecule has 0 saturated heterocycles. The van der Waals surface area contributed by atoms with E-state index in [9.17, 15) is 0 Å². The molecule has 0 radical (unpaired) electrons. The fraction of sp³-hybridized carbons (Fsp3) is 0.375. The predicted molar refractivity (Wildman–Crippen MR) is 127 cm³/mol. The molecule has 2 heterocycles. The molecule has 0 aliphatic heterocycles. The van der Waals surface area contributed by atoms with Crippen LogP contribution in [0, 0.1) is 13.8 Å². The lowest BCUT2D eigenvalue weighted by Crippen LogP contribution is -2.38. The van der Waals surface area contributed by atoms with Crippen LogP contribution in [0.4, 0.5) is 0 Å². The Bertz CT molecular complexity index is 1060. The summed E-state index contributed by atoms with van der Waals surface area (Å²) in [5.41, 5.74) is 4.12. The summed E-state index contributed by atoms with van der Waals surface area (Å²) in [6, 6.07) is 11.9. The molecule has 8 heteroatoms. The van der Waals surface area contributed by atoms with Crippen molar-refractivity contribution in [1.82, 2.24) is 25.0 Å². The fourth-order valence-electron chi connectivity index (χ4n) is 3.45. The monoisotopic (exact) mass is 436 g/mol. The molecule has 1 N–H and O–H groups in total. The number of hydrogen-bond acceptors (Lipinski definition) is 5. The molecule has 170 valence electrons. The average molecular weight is 437 g/mol. The van der Waals surface area contributed by atoms with Gasteiger partial charge in [-0.2, -0.15) is 5.10 Å². The van der Waals surface area contributed by atoms with Gasteiger partial charge in [-0.3, -0.25) is 0 Å². The number of nitrogens with zero attached hydrogens (tertiary/aromatic N) is 5. The molecule has 0 aliphatic carbocycles. The Hall–Kier alpha value is -3.55. The second-order valence-electron chi connectivity index (χ2n) is 7.57. The Labute approximate surface area is 189 Å². The highest BCUT2D eigenvalue weighted by molar-refractivity contribution is 5.79. The zero-order valence-corrected chi connectivity index (χ0v) is 19.7. The first-order valence-corrected chi connectivity index (χ1v) is 10.6. The van der Waals surface area contributed by atoms with Crippen LogP contribution in [0.2, 0.25) is 0 Å². The van der Waals surface area contributed by atoms with Crippen LogP contribution in [-0.4, -0.2) is 53.4 Å². The quantitative estimate of drug-likeness (QED) is 0.430. The van der Waals surface area contributed by atoms with Gasteiger partial charge >= 0.3 is 0 Å². The van der Waals surface area contributed by atoms with Gasteiger partial charge in [-0.15, -0.1) is 0 Å². The number of methoxy groups -OCH3 is 2. The molecule has 8 nitrogen and oxygen atoms in total. The molecule has 2 aromatic heterocycles. The van der Waals surface area contributed by atoms with Gasteiger partial charge < -0.3 is 19.7 Å². The summed E-state index contributed by atoms with van der Waals surface area (Å²) in [5.74, 6) is 3.17. The number of rotatable bonds is 8. The summed E-state index contributed by atoms with van der Waals surface area (Å²) in [6.45, 7) is 8.01. The van der Waals surface area contributed by atoms with E-state index in [4.69, 9.17) is 14.5 Å². The lowest BCUT2D eigenvalue weighted by molar-refractivity contribution is 0.382. The molecule has 0 fully saturated rings. The highest BCUT2D eigenvalue weighted by Crippen LogP contribution is 2.25. The number of aromatic nitrogens is 3. The van der Waals surface area contributed by atoms with E-state index in [2.05, 4.69) is 27.2 Å². The SMILES string of the molecule is CCNC(=NCc1ccc(-n2nc(C)cc2C)nc1)N(C)Cc1ccc(OC)cc1OC. The zero-order valence-electron chi connectivity index (χ0n) is 19.7. The van der Waals surface area contributed by atoms with Crippen molar-refractivity contribution in [2.24, 2.45) is 4.99 Å². The summed E-state index contributed by atoms with van der Waals surface area (Å²) in [7, 11) is 5.32. The maximum Gasteiger partial charge on any atom is 0.194 e. The normalized spacial score (nSPS) is 11.4. The van der Waals surface area contributed by atoms with Gasteiger partial charge in [-0.25, -0.2) is 14.7 Å². The van der Waals surface area contributed by atoms with Crippen molar-refractivity contribution in [1.29, 1.82) is 0 Å². The minimum absolute atomic E-state index is 0.525. The Balaban J connectivity index is 1.72. The minimum Gasteiger partial charge on any atom is -0.497 e. The second kappa shape index (κ2) is 10.7. The number of hydrogen-bond donors (Lipinski definition) is 1. The number of guanidine groups is 1. The molecule has 3 aromatic rings. The maximum atomic E-state index is 5.53. The van der Waals surface area contributed by atoms with Crippen LogP contribution < -0.4 is 14.8 Å². The highest BCUT2D eigenvalue weighted by Gasteiger charge is 2.12. The van der Waals surface area contributed by atoms with E-state index < -0.39 is 0 Å². The van der Waals surface area contributed by atoms with Crippen molar-refractivity contribution in [2.45, 2.75) is 33.9 Å². The van der Waals surface area contributed by atoms with Crippen LogP contribution in [-0.2, 0) is 13.1 Å². The molecule has 0 unspecified atom stereocenters. The topological polar surface area (TPSA) is 76.8 Å². The molecule has 0 spiro atoms. The van der Waals surface area contributed by atoms with Crippen molar-refractivity contribution < 1.29 is 9.47 Å². The molecule has 1 aromatic carbocycles. The standard InChI is InChI=1S/C24H32N6O2/c1-7-25-24(29(4)16-20-9-10-21(31-5)13-22(20)32-6)27-15-19-8-11-23(26-14-19)30-18(3)12-17(2)28-30/h8-14H,7,15-16H2,1-6H3,(H,25,27). The number of benzene rings is 1. The van der Waals surface area contributed by atoms with Gasteiger partial charge in [0.05, 0.1) is 26.5 Å². The van der Waals surface area contributed by atoms with Crippen LogP contribution in [0.5, 0.6) is 11.5 Å².